The van der Waals surface area contributed by atoms with Crippen molar-refractivity contribution in [2.24, 2.45) is 11.7 Å². The number of nitrogens with one attached hydrogen (secondary N) is 1. The van der Waals surface area contributed by atoms with E-state index in [1.807, 2.05) is 25.1 Å². The molecule has 1 aromatic rings. The van der Waals surface area contributed by atoms with Gasteiger partial charge in [0, 0.05) is 17.6 Å². The normalized spacial score (nSPS) is 22.9. The SMILES string of the molecule is CC1=C[S+]([O-])C(Cc2ccccc2)N1.NN. The molecule has 2 atom stereocenters. The summed E-state index contributed by atoms with van der Waals surface area (Å²) in [6.45, 7) is 1.95. The maximum absolute atomic E-state index is 11.6. The Bertz CT molecular complexity index is 342. The predicted molar refractivity (Wildman–Crippen MR) is 67.3 cm³/mol. The number of allylic oxidation sites excluding steroid dienone is 1. The second-order valence-electron chi connectivity index (χ2n) is 3.45. The first-order valence-corrected chi connectivity index (χ1v) is 6.25. The van der Waals surface area contributed by atoms with Crippen LogP contribution in [0.1, 0.15) is 12.5 Å². The molecule has 4 nitrogen and oxygen atoms in total. The third kappa shape index (κ3) is 3.53. The molecule has 2 rings (SSSR count). The lowest BCUT2D eigenvalue weighted by Gasteiger charge is -2.13. The van der Waals surface area contributed by atoms with Crippen molar-refractivity contribution < 1.29 is 4.55 Å². The Hall–Kier alpha value is -1.01. The van der Waals surface area contributed by atoms with Gasteiger partial charge in [-0.3, -0.25) is 11.7 Å². The van der Waals surface area contributed by atoms with Crippen LogP contribution >= 0.6 is 0 Å². The molecule has 5 heteroatoms. The molecule has 0 saturated carbocycles. The van der Waals surface area contributed by atoms with E-state index in [1.54, 1.807) is 5.41 Å². The lowest BCUT2D eigenvalue weighted by molar-refractivity contribution is 0.580. The van der Waals surface area contributed by atoms with E-state index in [9.17, 15) is 4.55 Å². The zero-order chi connectivity index (χ0) is 12.0. The molecule has 5 N–H and O–H groups in total. The topological polar surface area (TPSA) is 87.1 Å². The summed E-state index contributed by atoms with van der Waals surface area (Å²) in [4.78, 5) is 0. The molecular weight excluding hydrogens is 222 g/mol. The summed E-state index contributed by atoms with van der Waals surface area (Å²) in [6.07, 6.45) is 0.821. The minimum absolute atomic E-state index is 0.0531. The first-order chi connectivity index (χ1) is 7.75. The van der Waals surface area contributed by atoms with Gasteiger partial charge in [-0.05, 0) is 12.5 Å². The molecule has 1 aromatic carbocycles. The Morgan fingerprint density at radius 2 is 1.94 bits per heavy atom. The van der Waals surface area contributed by atoms with Crippen LogP contribution in [0.5, 0.6) is 0 Å². The van der Waals surface area contributed by atoms with Crippen LogP contribution in [0.25, 0.3) is 0 Å². The van der Waals surface area contributed by atoms with Gasteiger partial charge in [0.2, 0.25) is 0 Å². The molecular formula is C11H17N3OS. The van der Waals surface area contributed by atoms with Crippen molar-refractivity contribution in [1.82, 2.24) is 5.32 Å². The molecule has 0 saturated heterocycles. The smallest absolute Gasteiger partial charge is 0.194 e. The van der Waals surface area contributed by atoms with E-state index in [4.69, 9.17) is 0 Å². The van der Waals surface area contributed by atoms with Gasteiger partial charge in [0.1, 0.15) is 5.41 Å². The van der Waals surface area contributed by atoms with Crippen molar-refractivity contribution in [3.8, 4) is 0 Å². The molecule has 16 heavy (non-hydrogen) atoms. The van der Waals surface area contributed by atoms with Crippen molar-refractivity contribution >= 4 is 11.2 Å². The minimum Gasteiger partial charge on any atom is -0.610 e. The summed E-state index contributed by atoms with van der Waals surface area (Å²) < 4.78 is 11.6. The second-order valence-corrected chi connectivity index (χ2v) is 4.91. The summed E-state index contributed by atoms with van der Waals surface area (Å²) in [7, 11) is 0. The average Bonchev–Trinajstić information content (AvgIpc) is 2.62. The maximum atomic E-state index is 11.6. The van der Waals surface area contributed by atoms with E-state index in [-0.39, 0.29) is 5.37 Å². The first-order valence-electron chi connectivity index (χ1n) is 4.97. The molecule has 0 fully saturated rings. The highest BCUT2D eigenvalue weighted by molar-refractivity contribution is 7.95. The molecule has 2 unspecified atom stereocenters. The number of hydrazine groups is 1. The zero-order valence-corrected chi connectivity index (χ0v) is 10.0. The Morgan fingerprint density at radius 1 is 1.31 bits per heavy atom. The van der Waals surface area contributed by atoms with Gasteiger partial charge in [-0.25, -0.2) is 0 Å². The van der Waals surface area contributed by atoms with Gasteiger partial charge in [-0.1, -0.05) is 30.3 Å². The van der Waals surface area contributed by atoms with Crippen LogP contribution in [0.15, 0.2) is 41.4 Å². The van der Waals surface area contributed by atoms with Crippen LogP contribution in [0.3, 0.4) is 0 Å². The fourth-order valence-corrected chi connectivity index (χ4v) is 2.80. The van der Waals surface area contributed by atoms with Crippen molar-refractivity contribution in [3.63, 3.8) is 0 Å². The monoisotopic (exact) mass is 239 g/mol. The lowest BCUT2D eigenvalue weighted by atomic mass is 10.1. The molecule has 1 aliphatic rings. The van der Waals surface area contributed by atoms with Crippen molar-refractivity contribution in [2.45, 2.75) is 18.7 Å². The lowest BCUT2D eigenvalue weighted by Crippen LogP contribution is -2.30. The fraction of sp³-hybridized carbons (Fsp3) is 0.273. The number of rotatable bonds is 2. The van der Waals surface area contributed by atoms with Crippen molar-refractivity contribution in [3.05, 3.63) is 47.0 Å². The van der Waals surface area contributed by atoms with Gasteiger partial charge in [-0.15, -0.1) is 0 Å². The van der Waals surface area contributed by atoms with E-state index in [0.29, 0.717) is 0 Å². The number of hydrogen-bond acceptors (Lipinski definition) is 4. The number of nitrogens with two attached hydrogens (primary N) is 2. The highest BCUT2D eigenvalue weighted by Gasteiger charge is 2.27. The summed E-state index contributed by atoms with van der Waals surface area (Å²) >= 11 is -0.864. The van der Waals surface area contributed by atoms with Crippen LogP contribution < -0.4 is 17.0 Å². The third-order valence-electron chi connectivity index (χ3n) is 2.23. The molecule has 0 bridgehead atoms. The maximum Gasteiger partial charge on any atom is 0.194 e. The van der Waals surface area contributed by atoms with Gasteiger partial charge in [0.25, 0.3) is 0 Å². The van der Waals surface area contributed by atoms with Crippen molar-refractivity contribution in [2.75, 3.05) is 0 Å². The molecule has 1 heterocycles. The summed E-state index contributed by atoms with van der Waals surface area (Å²) in [5.74, 6) is 8.00. The van der Waals surface area contributed by atoms with E-state index < -0.39 is 11.2 Å². The van der Waals surface area contributed by atoms with E-state index in [0.717, 1.165) is 12.1 Å². The Labute approximate surface area is 98.9 Å². The van der Waals surface area contributed by atoms with E-state index in [1.165, 1.54) is 5.56 Å². The van der Waals surface area contributed by atoms with Crippen LogP contribution in [0, 0.1) is 0 Å². The molecule has 0 amide bonds. The van der Waals surface area contributed by atoms with Gasteiger partial charge >= 0.3 is 0 Å². The fourth-order valence-electron chi connectivity index (χ4n) is 1.56. The largest absolute Gasteiger partial charge is 0.610 e. The molecule has 0 spiro atoms. The van der Waals surface area contributed by atoms with Crippen molar-refractivity contribution in [1.29, 1.82) is 0 Å². The van der Waals surface area contributed by atoms with E-state index in [2.05, 4.69) is 29.1 Å². The third-order valence-corrected chi connectivity index (χ3v) is 3.66. The minimum atomic E-state index is -0.864. The molecule has 0 aromatic heterocycles. The van der Waals surface area contributed by atoms with Crippen LogP contribution in [0.4, 0.5) is 0 Å². The first kappa shape index (κ1) is 13.1. The Balaban J connectivity index is 0.000000606. The standard InChI is InChI=1S/C11H13NOS.H4N2/c1-9-8-14(13)11(12-9)7-10-5-3-2-4-6-10;1-2/h2-6,8,11-12H,7H2,1H3;1-2H2. The van der Waals surface area contributed by atoms with Crippen LogP contribution in [-0.4, -0.2) is 9.93 Å². The predicted octanol–water partition coefficient (Wildman–Crippen LogP) is 0.587. The molecule has 88 valence electrons. The highest BCUT2D eigenvalue weighted by Crippen LogP contribution is 2.17. The zero-order valence-electron chi connectivity index (χ0n) is 9.22. The molecule has 1 aliphatic heterocycles. The quantitative estimate of drug-likeness (QED) is 0.400. The highest BCUT2D eigenvalue weighted by atomic mass is 32.2. The average molecular weight is 239 g/mol. The summed E-state index contributed by atoms with van der Waals surface area (Å²) in [6, 6.07) is 10.1. The van der Waals surface area contributed by atoms with Gasteiger partial charge in [0.05, 0.1) is 5.70 Å². The van der Waals surface area contributed by atoms with Gasteiger partial charge in [-0.2, -0.15) is 0 Å². The Morgan fingerprint density at radius 3 is 2.44 bits per heavy atom. The summed E-state index contributed by atoms with van der Waals surface area (Å²) in [5.41, 5.74) is 2.24. The van der Waals surface area contributed by atoms with E-state index >= 15 is 0 Å². The summed E-state index contributed by atoms with van der Waals surface area (Å²) in [5, 5.41) is 5.05. The van der Waals surface area contributed by atoms with Gasteiger partial charge in [0.15, 0.2) is 5.37 Å². The Kier molecular flexibility index (Phi) is 5.34. The van der Waals surface area contributed by atoms with Gasteiger partial charge < -0.3 is 9.87 Å². The van der Waals surface area contributed by atoms with Crippen LogP contribution in [0.2, 0.25) is 0 Å². The second kappa shape index (κ2) is 6.55. The van der Waals surface area contributed by atoms with Crippen LogP contribution in [-0.2, 0) is 17.6 Å². The number of hydrogen-bond donors (Lipinski definition) is 3. The molecule has 0 radical (unpaired) electrons. The molecule has 0 aliphatic carbocycles. The number of benzene rings is 1.